The molecule has 13 heavy (non-hydrogen) atoms. The Morgan fingerprint density at radius 3 is 2.08 bits per heavy atom. The number of rotatable bonds is 3. The zero-order valence-corrected chi connectivity index (χ0v) is 9.80. The summed E-state index contributed by atoms with van der Waals surface area (Å²) in [4.78, 5) is 0. The molecule has 3 aliphatic carbocycles. The van der Waals surface area contributed by atoms with Gasteiger partial charge in [-0.25, -0.2) is 0 Å². The highest BCUT2D eigenvalue weighted by Crippen LogP contribution is 2.74. The zero-order chi connectivity index (χ0) is 9.80. The highest BCUT2D eigenvalue weighted by molar-refractivity contribution is 5.16. The van der Waals surface area contributed by atoms with Gasteiger partial charge in [0.15, 0.2) is 0 Å². The van der Waals surface area contributed by atoms with Gasteiger partial charge < -0.3 is 0 Å². The van der Waals surface area contributed by atoms with Crippen molar-refractivity contribution in [1.82, 2.24) is 0 Å². The standard InChI is InChI=1S/C13H24/c1-6-10(8(2)3)13(5)11-7-12(13)9(11)4/h8-12H,6-7H2,1-5H3. The Morgan fingerprint density at radius 1 is 1.31 bits per heavy atom. The lowest BCUT2D eigenvalue weighted by Crippen LogP contribution is -2.69. The van der Waals surface area contributed by atoms with Gasteiger partial charge in [-0.2, -0.15) is 0 Å². The minimum absolute atomic E-state index is 0.738. The molecule has 0 heterocycles. The van der Waals surface area contributed by atoms with Crippen LogP contribution in [0.25, 0.3) is 0 Å². The minimum atomic E-state index is 0.738. The maximum atomic E-state index is 2.56. The van der Waals surface area contributed by atoms with Gasteiger partial charge in [0, 0.05) is 0 Å². The van der Waals surface area contributed by atoms with Crippen LogP contribution in [-0.4, -0.2) is 0 Å². The zero-order valence-electron chi connectivity index (χ0n) is 9.80. The minimum Gasteiger partial charge on any atom is -0.0651 e. The van der Waals surface area contributed by atoms with Crippen molar-refractivity contribution in [1.29, 1.82) is 0 Å². The van der Waals surface area contributed by atoms with E-state index in [0.717, 1.165) is 35.0 Å². The number of hydrogen-bond donors (Lipinski definition) is 0. The van der Waals surface area contributed by atoms with Crippen LogP contribution in [0, 0.1) is 35.0 Å². The highest BCUT2D eigenvalue weighted by Gasteiger charge is 2.68. The SMILES string of the molecule is CCC(C(C)C)C1(C)C2CC1C2C. The lowest BCUT2D eigenvalue weighted by molar-refractivity contribution is -0.266. The summed E-state index contributed by atoms with van der Waals surface area (Å²) >= 11 is 0. The fourth-order valence-corrected chi connectivity index (χ4v) is 4.60. The Bertz CT molecular complexity index is 194. The van der Waals surface area contributed by atoms with E-state index in [1.165, 1.54) is 6.42 Å². The molecule has 0 spiro atoms. The molecule has 0 heteroatoms. The van der Waals surface area contributed by atoms with Gasteiger partial charge in [0.2, 0.25) is 0 Å². The van der Waals surface area contributed by atoms with Crippen LogP contribution in [-0.2, 0) is 0 Å². The van der Waals surface area contributed by atoms with E-state index in [-0.39, 0.29) is 0 Å². The summed E-state index contributed by atoms with van der Waals surface area (Å²) in [5.41, 5.74) is 0.738. The first-order valence-corrected chi connectivity index (χ1v) is 6.03. The summed E-state index contributed by atoms with van der Waals surface area (Å²) in [7, 11) is 0. The lowest BCUT2D eigenvalue weighted by Gasteiger charge is -2.75. The van der Waals surface area contributed by atoms with Crippen molar-refractivity contribution >= 4 is 0 Å². The summed E-state index contributed by atoms with van der Waals surface area (Å²) in [6.07, 6.45) is 2.93. The maximum absolute atomic E-state index is 2.56. The van der Waals surface area contributed by atoms with Crippen LogP contribution >= 0.6 is 0 Å². The van der Waals surface area contributed by atoms with E-state index >= 15 is 0 Å². The van der Waals surface area contributed by atoms with Crippen LogP contribution in [0.2, 0.25) is 0 Å². The second-order valence-corrected chi connectivity index (χ2v) is 5.93. The topological polar surface area (TPSA) is 0 Å². The van der Waals surface area contributed by atoms with Gasteiger partial charge >= 0.3 is 0 Å². The molecule has 0 aromatic heterocycles. The van der Waals surface area contributed by atoms with E-state index < -0.39 is 0 Å². The molecule has 0 saturated heterocycles. The molecule has 3 unspecified atom stereocenters. The quantitative estimate of drug-likeness (QED) is 0.616. The molecule has 3 aliphatic rings. The molecule has 3 fully saturated rings. The van der Waals surface area contributed by atoms with Gasteiger partial charge in [-0.1, -0.05) is 41.0 Å². The highest BCUT2D eigenvalue weighted by atomic mass is 14.7. The fraction of sp³-hybridized carbons (Fsp3) is 1.00. The third-order valence-electron chi connectivity index (χ3n) is 5.42. The van der Waals surface area contributed by atoms with Crippen molar-refractivity contribution in [2.75, 3.05) is 0 Å². The molecule has 0 radical (unpaired) electrons. The molecule has 2 bridgehead atoms. The van der Waals surface area contributed by atoms with Crippen LogP contribution in [0.4, 0.5) is 0 Å². The monoisotopic (exact) mass is 180 g/mol. The van der Waals surface area contributed by atoms with Crippen molar-refractivity contribution in [3.8, 4) is 0 Å². The van der Waals surface area contributed by atoms with Crippen molar-refractivity contribution < 1.29 is 0 Å². The smallest absolute Gasteiger partial charge is 0.0233 e. The molecule has 3 atom stereocenters. The Balaban J connectivity index is 2.08. The van der Waals surface area contributed by atoms with E-state index in [1.807, 2.05) is 0 Å². The van der Waals surface area contributed by atoms with Gasteiger partial charge in [0.05, 0.1) is 0 Å². The van der Waals surface area contributed by atoms with E-state index in [0.29, 0.717) is 0 Å². The van der Waals surface area contributed by atoms with Gasteiger partial charge in [0.1, 0.15) is 0 Å². The van der Waals surface area contributed by atoms with E-state index in [4.69, 9.17) is 0 Å². The fourth-order valence-electron chi connectivity index (χ4n) is 4.60. The molecule has 0 amide bonds. The van der Waals surface area contributed by atoms with Crippen molar-refractivity contribution in [3.63, 3.8) is 0 Å². The van der Waals surface area contributed by atoms with Crippen molar-refractivity contribution in [2.45, 2.75) is 47.5 Å². The molecule has 0 N–H and O–H groups in total. The second kappa shape index (κ2) is 2.74. The molecule has 3 saturated carbocycles. The normalized spacial score (nSPS) is 49.8. The van der Waals surface area contributed by atoms with Gasteiger partial charge in [-0.3, -0.25) is 0 Å². The molecule has 76 valence electrons. The first-order valence-electron chi connectivity index (χ1n) is 6.03. The summed E-state index contributed by atoms with van der Waals surface area (Å²) < 4.78 is 0. The third-order valence-corrected chi connectivity index (χ3v) is 5.42. The molecule has 0 nitrogen and oxygen atoms in total. The Labute approximate surface area is 83.1 Å². The van der Waals surface area contributed by atoms with Gasteiger partial charge in [-0.15, -0.1) is 0 Å². The largest absolute Gasteiger partial charge is 0.0651 e. The average molecular weight is 180 g/mol. The molecule has 0 aliphatic heterocycles. The predicted octanol–water partition coefficient (Wildman–Crippen LogP) is 3.96. The van der Waals surface area contributed by atoms with E-state index in [2.05, 4.69) is 34.6 Å². The third kappa shape index (κ3) is 0.926. The van der Waals surface area contributed by atoms with Crippen LogP contribution in [0.15, 0.2) is 0 Å². The first-order chi connectivity index (χ1) is 6.03. The number of hydrogen-bond acceptors (Lipinski definition) is 0. The van der Waals surface area contributed by atoms with E-state index in [9.17, 15) is 0 Å². The molecule has 0 aromatic rings. The maximum Gasteiger partial charge on any atom is -0.0233 e. The van der Waals surface area contributed by atoms with Crippen molar-refractivity contribution in [3.05, 3.63) is 0 Å². The summed E-state index contributed by atoms with van der Waals surface area (Å²) in [6, 6.07) is 0. The summed E-state index contributed by atoms with van der Waals surface area (Å²) in [6.45, 7) is 12.2. The molecule has 3 rings (SSSR count). The molecular weight excluding hydrogens is 156 g/mol. The van der Waals surface area contributed by atoms with Crippen molar-refractivity contribution in [2.24, 2.45) is 35.0 Å². The second-order valence-electron chi connectivity index (χ2n) is 5.93. The first kappa shape index (κ1) is 9.55. The summed E-state index contributed by atoms with van der Waals surface area (Å²) in [5, 5.41) is 0. The van der Waals surface area contributed by atoms with Gasteiger partial charge in [-0.05, 0) is 41.4 Å². The molecular formula is C13H24. The van der Waals surface area contributed by atoms with Crippen LogP contribution in [0.3, 0.4) is 0 Å². The van der Waals surface area contributed by atoms with Crippen LogP contribution in [0.5, 0.6) is 0 Å². The van der Waals surface area contributed by atoms with Crippen LogP contribution < -0.4 is 0 Å². The average Bonchev–Trinajstić information content (AvgIpc) is 2.00. The Kier molecular flexibility index (Phi) is 2.02. The molecule has 0 aromatic carbocycles. The summed E-state index contributed by atoms with van der Waals surface area (Å²) in [5.74, 6) is 5.06. The van der Waals surface area contributed by atoms with Crippen LogP contribution in [0.1, 0.15) is 47.5 Å². The lowest BCUT2D eigenvalue weighted by atomic mass is 9.30. The Hall–Kier alpha value is 0. The predicted molar refractivity (Wildman–Crippen MR) is 57.5 cm³/mol. The van der Waals surface area contributed by atoms with Gasteiger partial charge in [0.25, 0.3) is 0 Å². The Morgan fingerprint density at radius 2 is 1.85 bits per heavy atom. The van der Waals surface area contributed by atoms with E-state index in [1.54, 1.807) is 6.42 Å².